The quantitative estimate of drug-likeness (QED) is 0.857. The lowest BCUT2D eigenvalue weighted by molar-refractivity contribution is 0.590. The Labute approximate surface area is 97.2 Å². The van der Waals surface area contributed by atoms with Crippen molar-refractivity contribution in [3.05, 3.63) is 47.4 Å². The summed E-state index contributed by atoms with van der Waals surface area (Å²) in [5, 5.41) is 0.922. The molecule has 1 aromatic rings. The van der Waals surface area contributed by atoms with E-state index >= 15 is 0 Å². The molecular formula is C12H17NO2S. The first-order valence-corrected chi connectivity index (χ1v) is 6.71. The average molecular weight is 239 g/mol. The molecule has 0 unspecified atom stereocenters. The molecule has 1 aromatic carbocycles. The maximum Gasteiger partial charge on any atom is 0.233 e. The second-order valence-electron chi connectivity index (χ2n) is 3.89. The minimum Gasteiger partial charge on any atom is -0.208 e. The zero-order chi connectivity index (χ0) is 12.2. The number of sulfonamides is 1. The molecule has 0 saturated heterocycles. The second kappa shape index (κ2) is 5.27. The van der Waals surface area contributed by atoms with Gasteiger partial charge in [-0.2, -0.15) is 0 Å². The van der Waals surface area contributed by atoms with E-state index in [1.165, 1.54) is 0 Å². The molecule has 0 saturated carbocycles. The van der Waals surface area contributed by atoms with Crippen LogP contribution in [0.1, 0.15) is 30.9 Å². The number of hydrogen-bond donors (Lipinski definition) is 1. The summed E-state index contributed by atoms with van der Waals surface area (Å²) >= 11 is 0. The molecule has 88 valence electrons. The van der Waals surface area contributed by atoms with Crippen LogP contribution in [0, 0.1) is 0 Å². The maximum absolute atomic E-state index is 11.2. The van der Waals surface area contributed by atoms with Gasteiger partial charge in [-0.25, -0.2) is 13.1 Å². The fourth-order valence-electron chi connectivity index (χ4n) is 1.50. The molecule has 0 aliphatic rings. The fraction of sp³-hybridized carbons (Fsp3) is 0.333. The highest BCUT2D eigenvalue weighted by atomic mass is 32.2. The van der Waals surface area contributed by atoms with Gasteiger partial charge >= 0.3 is 0 Å². The first-order chi connectivity index (χ1) is 7.46. The van der Waals surface area contributed by atoms with Gasteiger partial charge in [0.05, 0.1) is 0 Å². The summed E-state index contributed by atoms with van der Waals surface area (Å²) in [7, 11) is -3.35. The van der Waals surface area contributed by atoms with Crippen molar-refractivity contribution in [2.75, 3.05) is 0 Å². The molecule has 0 bridgehead atoms. The normalized spacial score (nSPS) is 11.7. The SMILES string of the molecule is C=CS(=O)(=O)NCc1ccccc1C(C)C. The lowest BCUT2D eigenvalue weighted by Gasteiger charge is -2.12. The minimum absolute atomic E-state index is 0.308. The summed E-state index contributed by atoms with van der Waals surface area (Å²) in [6, 6.07) is 7.81. The van der Waals surface area contributed by atoms with Crippen molar-refractivity contribution < 1.29 is 8.42 Å². The van der Waals surface area contributed by atoms with Gasteiger partial charge in [-0.3, -0.25) is 0 Å². The topological polar surface area (TPSA) is 46.2 Å². The van der Waals surface area contributed by atoms with Gasteiger partial charge in [0, 0.05) is 12.0 Å². The van der Waals surface area contributed by atoms with Gasteiger partial charge in [0.15, 0.2) is 0 Å². The van der Waals surface area contributed by atoms with Crippen molar-refractivity contribution in [3.8, 4) is 0 Å². The summed E-state index contributed by atoms with van der Waals surface area (Å²) in [4.78, 5) is 0. The van der Waals surface area contributed by atoms with E-state index in [1.54, 1.807) is 0 Å². The van der Waals surface area contributed by atoms with Crippen molar-refractivity contribution in [1.29, 1.82) is 0 Å². The summed E-state index contributed by atoms with van der Waals surface area (Å²) < 4.78 is 24.9. The standard InChI is InChI=1S/C12H17NO2S/c1-4-16(14,15)13-9-11-7-5-6-8-12(11)10(2)3/h4-8,10,13H,1,9H2,2-3H3. The number of hydrogen-bond acceptors (Lipinski definition) is 2. The largest absolute Gasteiger partial charge is 0.233 e. The van der Waals surface area contributed by atoms with Gasteiger partial charge in [-0.05, 0) is 17.0 Å². The highest BCUT2D eigenvalue weighted by Gasteiger charge is 2.08. The first-order valence-electron chi connectivity index (χ1n) is 5.16. The van der Waals surface area contributed by atoms with E-state index in [-0.39, 0.29) is 0 Å². The van der Waals surface area contributed by atoms with Crippen LogP contribution >= 0.6 is 0 Å². The third-order valence-corrected chi connectivity index (χ3v) is 3.35. The van der Waals surface area contributed by atoms with E-state index in [2.05, 4.69) is 25.1 Å². The Bertz CT molecular complexity index is 464. The van der Waals surface area contributed by atoms with Gasteiger partial charge in [-0.1, -0.05) is 44.7 Å². The first kappa shape index (κ1) is 12.9. The van der Waals surface area contributed by atoms with Gasteiger partial charge in [-0.15, -0.1) is 0 Å². The monoisotopic (exact) mass is 239 g/mol. The van der Waals surface area contributed by atoms with Crippen molar-refractivity contribution in [1.82, 2.24) is 4.72 Å². The third kappa shape index (κ3) is 3.47. The van der Waals surface area contributed by atoms with Crippen LogP contribution < -0.4 is 4.72 Å². The van der Waals surface area contributed by atoms with E-state index in [0.29, 0.717) is 12.5 Å². The van der Waals surface area contributed by atoms with Gasteiger partial charge < -0.3 is 0 Å². The highest BCUT2D eigenvalue weighted by molar-refractivity contribution is 7.92. The summed E-state index contributed by atoms with van der Waals surface area (Å²) in [5.41, 5.74) is 2.16. The molecule has 0 radical (unpaired) electrons. The number of nitrogens with one attached hydrogen (secondary N) is 1. The van der Waals surface area contributed by atoms with E-state index in [1.807, 2.05) is 24.3 Å². The molecule has 1 N–H and O–H groups in total. The number of rotatable bonds is 5. The molecule has 3 nitrogen and oxygen atoms in total. The van der Waals surface area contributed by atoms with Gasteiger partial charge in [0.1, 0.15) is 0 Å². The lowest BCUT2D eigenvalue weighted by atomic mass is 9.97. The van der Waals surface area contributed by atoms with Crippen molar-refractivity contribution in [2.24, 2.45) is 0 Å². The zero-order valence-corrected chi connectivity index (χ0v) is 10.4. The molecule has 0 atom stereocenters. The van der Waals surface area contributed by atoms with Gasteiger partial charge in [0.2, 0.25) is 10.0 Å². The van der Waals surface area contributed by atoms with E-state index < -0.39 is 10.0 Å². The van der Waals surface area contributed by atoms with Crippen molar-refractivity contribution in [2.45, 2.75) is 26.3 Å². The molecule has 0 aromatic heterocycles. The van der Waals surface area contributed by atoms with Crippen LogP contribution in [-0.4, -0.2) is 8.42 Å². The average Bonchev–Trinajstić information content (AvgIpc) is 2.27. The van der Waals surface area contributed by atoms with Crippen molar-refractivity contribution in [3.63, 3.8) is 0 Å². The van der Waals surface area contributed by atoms with Gasteiger partial charge in [0.25, 0.3) is 0 Å². The van der Waals surface area contributed by atoms with Crippen LogP contribution in [0.15, 0.2) is 36.3 Å². The van der Waals surface area contributed by atoms with E-state index in [9.17, 15) is 8.42 Å². The molecule has 0 fully saturated rings. The van der Waals surface area contributed by atoms with Crippen molar-refractivity contribution >= 4 is 10.0 Å². The smallest absolute Gasteiger partial charge is 0.208 e. The summed E-state index contributed by atoms with van der Waals surface area (Å²) in [6.45, 7) is 7.73. The van der Waals surface area contributed by atoms with Crippen LogP contribution in [0.2, 0.25) is 0 Å². The molecule has 16 heavy (non-hydrogen) atoms. The summed E-state index contributed by atoms with van der Waals surface area (Å²) in [6.07, 6.45) is 0. The predicted molar refractivity (Wildman–Crippen MR) is 66.5 cm³/mol. The predicted octanol–water partition coefficient (Wildman–Crippen LogP) is 2.37. The molecule has 0 aliphatic carbocycles. The Morgan fingerprint density at radius 3 is 2.56 bits per heavy atom. The Morgan fingerprint density at radius 1 is 1.38 bits per heavy atom. The molecule has 0 aliphatic heterocycles. The number of benzene rings is 1. The third-order valence-electron chi connectivity index (χ3n) is 2.36. The maximum atomic E-state index is 11.2. The second-order valence-corrected chi connectivity index (χ2v) is 5.60. The van der Waals surface area contributed by atoms with Crippen LogP contribution in [0.4, 0.5) is 0 Å². The summed E-state index contributed by atoms with van der Waals surface area (Å²) in [5.74, 6) is 0.379. The van der Waals surface area contributed by atoms with E-state index in [4.69, 9.17) is 0 Å². The minimum atomic E-state index is -3.35. The fourth-order valence-corrected chi connectivity index (χ4v) is 1.97. The highest BCUT2D eigenvalue weighted by Crippen LogP contribution is 2.18. The molecule has 0 spiro atoms. The molecule has 1 rings (SSSR count). The Balaban J connectivity index is 2.86. The van der Waals surface area contributed by atoms with Crippen LogP contribution in [0.3, 0.4) is 0 Å². The Kier molecular flexibility index (Phi) is 4.26. The molecular weight excluding hydrogens is 222 g/mol. The molecule has 4 heteroatoms. The molecule has 0 heterocycles. The Hall–Kier alpha value is -1.13. The van der Waals surface area contributed by atoms with E-state index in [0.717, 1.165) is 16.5 Å². The lowest BCUT2D eigenvalue weighted by Crippen LogP contribution is -2.21. The van der Waals surface area contributed by atoms with Crippen LogP contribution in [0.5, 0.6) is 0 Å². The Morgan fingerprint density at radius 2 is 2.00 bits per heavy atom. The zero-order valence-electron chi connectivity index (χ0n) is 9.60. The van der Waals surface area contributed by atoms with Crippen LogP contribution in [0.25, 0.3) is 0 Å². The molecule has 0 amide bonds. The van der Waals surface area contributed by atoms with Crippen LogP contribution in [-0.2, 0) is 16.6 Å².